The van der Waals surface area contributed by atoms with Crippen LogP contribution in [0.2, 0.25) is 0 Å². The van der Waals surface area contributed by atoms with Crippen LogP contribution in [0.4, 0.5) is 0 Å². The molecule has 56 heavy (non-hydrogen) atoms. The number of esters is 2. The number of aliphatic hydroxyl groups is 2. The van der Waals surface area contributed by atoms with Crippen LogP contribution in [0.5, 0.6) is 0 Å². The van der Waals surface area contributed by atoms with Crippen LogP contribution in [0.1, 0.15) is 168 Å². The highest BCUT2D eigenvalue weighted by Gasteiger charge is 2.36. The van der Waals surface area contributed by atoms with Gasteiger partial charge in [-0.2, -0.15) is 0 Å². The summed E-state index contributed by atoms with van der Waals surface area (Å²) in [5, 5.41) is 18.3. The number of aliphatic hydroxyl groups excluding tert-OH is 2. The molecular weight excluding hydrogens is 735 g/mol. The number of carbonyl (C=O) groups is 2. The molecule has 0 aromatic carbocycles. The van der Waals surface area contributed by atoms with Crippen molar-refractivity contribution in [2.75, 3.05) is 26.4 Å². The third-order valence-corrected chi connectivity index (χ3v) is 10.3. The van der Waals surface area contributed by atoms with Gasteiger partial charge in [0.05, 0.1) is 32.0 Å². The van der Waals surface area contributed by atoms with Gasteiger partial charge in [-0.3, -0.25) is 18.6 Å². The van der Waals surface area contributed by atoms with Crippen LogP contribution >= 0.6 is 7.82 Å². The van der Waals surface area contributed by atoms with E-state index in [0.29, 0.717) is 12.8 Å². The largest absolute Gasteiger partial charge is 0.472 e. The van der Waals surface area contributed by atoms with Gasteiger partial charge < -0.3 is 29.3 Å². The number of phosphoric acid groups is 1. The van der Waals surface area contributed by atoms with Gasteiger partial charge >= 0.3 is 19.8 Å². The molecular formula is C44H77O11P. The summed E-state index contributed by atoms with van der Waals surface area (Å²) in [5.41, 5.74) is 0. The lowest BCUT2D eigenvalue weighted by Crippen LogP contribution is -2.29. The van der Waals surface area contributed by atoms with Crippen molar-refractivity contribution in [2.45, 2.75) is 192 Å². The molecule has 0 aromatic heterocycles. The number of epoxide rings is 1. The fourth-order valence-electron chi connectivity index (χ4n) is 5.90. The molecule has 324 valence electrons. The fourth-order valence-corrected chi connectivity index (χ4v) is 6.69. The van der Waals surface area contributed by atoms with Gasteiger partial charge in [0.15, 0.2) is 6.10 Å². The predicted octanol–water partition coefficient (Wildman–Crippen LogP) is 10.3. The number of rotatable bonds is 39. The summed E-state index contributed by atoms with van der Waals surface area (Å²) >= 11 is 0. The minimum Gasteiger partial charge on any atom is -0.462 e. The van der Waals surface area contributed by atoms with Gasteiger partial charge in [-0.25, -0.2) is 4.57 Å². The van der Waals surface area contributed by atoms with Gasteiger partial charge in [0.25, 0.3) is 0 Å². The Balaban J connectivity index is 2.31. The SMILES string of the molecule is CCCCC/C=C\C/C=C\C/C=C\CC1OC1CCCC(=O)OC[C@H](COP(=O)(O)OC[C@@H](O)CO)OC(=O)CCCCCCCCC/C=C\CCCCCC. The number of hydrogen-bond donors (Lipinski definition) is 3. The van der Waals surface area contributed by atoms with E-state index in [4.69, 9.17) is 23.8 Å². The van der Waals surface area contributed by atoms with E-state index in [1.54, 1.807) is 0 Å². The number of allylic oxidation sites excluding steroid dienone is 7. The van der Waals surface area contributed by atoms with Crippen molar-refractivity contribution in [3.05, 3.63) is 48.6 Å². The summed E-state index contributed by atoms with van der Waals surface area (Å²) < 4.78 is 38.5. The molecule has 1 aliphatic rings. The molecule has 0 aromatic rings. The zero-order valence-electron chi connectivity index (χ0n) is 34.8. The molecule has 11 nitrogen and oxygen atoms in total. The Labute approximate surface area is 338 Å². The first-order chi connectivity index (χ1) is 27.2. The Morgan fingerprint density at radius 2 is 1.16 bits per heavy atom. The Kier molecular flexibility index (Phi) is 33.4. The standard InChI is InChI=1S/C44H77O11P/c1-3-5-7-9-11-13-15-17-18-19-21-23-25-27-29-33-44(48)54-40(38-53-56(49,50)52-36-39(46)35-45)37-51-43(47)34-30-32-42-41(55-42)31-28-26-24-22-20-16-14-12-10-8-6-4-2/h12-15,20,22,26,28,39-42,45-46H,3-11,16-19,21,23-25,27,29-38H2,1-2H3,(H,49,50)/b14-12-,15-13-,22-20-,28-26-/t39-,40+,41?,42?/m0/s1. The second-order valence-corrected chi connectivity index (χ2v) is 16.2. The third-order valence-electron chi connectivity index (χ3n) is 9.38. The minimum atomic E-state index is -4.64. The molecule has 0 amide bonds. The molecule has 5 atom stereocenters. The lowest BCUT2D eigenvalue weighted by Gasteiger charge is -2.20. The third kappa shape index (κ3) is 32.9. The van der Waals surface area contributed by atoms with Gasteiger partial charge in [0.1, 0.15) is 12.7 Å². The normalized spacial score (nSPS) is 17.9. The van der Waals surface area contributed by atoms with Crippen molar-refractivity contribution in [3.8, 4) is 0 Å². The highest BCUT2D eigenvalue weighted by molar-refractivity contribution is 7.47. The zero-order chi connectivity index (χ0) is 41.0. The summed E-state index contributed by atoms with van der Waals surface area (Å²) in [5.74, 6) is -1.01. The van der Waals surface area contributed by atoms with E-state index < -0.39 is 51.8 Å². The van der Waals surface area contributed by atoms with E-state index in [2.05, 4.69) is 67.0 Å². The van der Waals surface area contributed by atoms with Gasteiger partial charge in [-0.15, -0.1) is 0 Å². The van der Waals surface area contributed by atoms with Gasteiger partial charge in [-0.1, -0.05) is 127 Å². The quantitative estimate of drug-likeness (QED) is 0.0178. The first-order valence-electron chi connectivity index (χ1n) is 21.7. The summed E-state index contributed by atoms with van der Waals surface area (Å²) in [6, 6.07) is 0. The zero-order valence-corrected chi connectivity index (χ0v) is 35.7. The summed E-state index contributed by atoms with van der Waals surface area (Å²) in [6.07, 6.45) is 39.5. The molecule has 0 aliphatic carbocycles. The predicted molar refractivity (Wildman–Crippen MR) is 223 cm³/mol. The molecule has 0 bridgehead atoms. The topological polar surface area (TPSA) is 161 Å². The molecule has 1 fully saturated rings. The van der Waals surface area contributed by atoms with E-state index in [0.717, 1.165) is 57.8 Å². The van der Waals surface area contributed by atoms with Crippen LogP contribution in [0.3, 0.4) is 0 Å². The number of phosphoric ester groups is 1. The molecule has 3 N–H and O–H groups in total. The number of hydrogen-bond acceptors (Lipinski definition) is 10. The Bertz CT molecular complexity index is 1140. The lowest BCUT2D eigenvalue weighted by molar-refractivity contribution is -0.161. The summed E-state index contributed by atoms with van der Waals surface area (Å²) in [6.45, 7) is 2.24. The second-order valence-electron chi connectivity index (χ2n) is 14.7. The maximum absolute atomic E-state index is 12.6. The van der Waals surface area contributed by atoms with Gasteiger partial charge in [0, 0.05) is 12.8 Å². The average Bonchev–Trinajstić information content (AvgIpc) is 3.94. The van der Waals surface area contributed by atoms with E-state index >= 15 is 0 Å². The molecule has 0 saturated carbocycles. The molecule has 1 aliphatic heterocycles. The number of ether oxygens (including phenoxy) is 3. The van der Waals surface area contributed by atoms with Crippen LogP contribution in [0.25, 0.3) is 0 Å². The first-order valence-corrected chi connectivity index (χ1v) is 23.2. The molecule has 12 heteroatoms. The fraction of sp³-hybridized carbons (Fsp3) is 0.773. The maximum Gasteiger partial charge on any atom is 0.472 e. The van der Waals surface area contributed by atoms with Crippen molar-refractivity contribution < 1.29 is 52.5 Å². The highest BCUT2D eigenvalue weighted by atomic mass is 31.2. The molecule has 1 saturated heterocycles. The molecule has 0 spiro atoms. The van der Waals surface area contributed by atoms with Crippen molar-refractivity contribution in [2.24, 2.45) is 0 Å². The van der Waals surface area contributed by atoms with Crippen LogP contribution in [0.15, 0.2) is 48.6 Å². The Morgan fingerprint density at radius 1 is 0.643 bits per heavy atom. The van der Waals surface area contributed by atoms with Crippen LogP contribution < -0.4 is 0 Å². The van der Waals surface area contributed by atoms with Crippen molar-refractivity contribution >= 4 is 19.8 Å². The van der Waals surface area contributed by atoms with Crippen LogP contribution in [0, 0.1) is 0 Å². The lowest BCUT2D eigenvalue weighted by atomic mass is 10.1. The van der Waals surface area contributed by atoms with Gasteiger partial charge in [0.2, 0.25) is 0 Å². The summed E-state index contributed by atoms with van der Waals surface area (Å²) in [7, 11) is -4.64. The van der Waals surface area contributed by atoms with E-state index in [9.17, 15) is 24.2 Å². The van der Waals surface area contributed by atoms with Gasteiger partial charge in [-0.05, 0) is 77.0 Å². The van der Waals surface area contributed by atoms with Crippen LogP contribution in [-0.4, -0.2) is 77.9 Å². The molecule has 0 radical (unpaired) electrons. The Morgan fingerprint density at radius 3 is 1.82 bits per heavy atom. The number of carbonyl (C=O) groups excluding carboxylic acids is 2. The van der Waals surface area contributed by atoms with E-state index in [1.165, 1.54) is 70.6 Å². The second kappa shape index (κ2) is 36.0. The number of unbranched alkanes of at least 4 members (excludes halogenated alkanes) is 14. The minimum absolute atomic E-state index is 0.114. The van der Waals surface area contributed by atoms with Crippen LogP contribution in [-0.2, 0) is 37.4 Å². The van der Waals surface area contributed by atoms with E-state index in [-0.39, 0.29) is 31.7 Å². The Hall–Kier alpha value is -2.11. The monoisotopic (exact) mass is 813 g/mol. The molecule has 1 heterocycles. The average molecular weight is 813 g/mol. The maximum atomic E-state index is 12.6. The summed E-state index contributed by atoms with van der Waals surface area (Å²) in [4.78, 5) is 35.1. The van der Waals surface area contributed by atoms with Crippen molar-refractivity contribution in [1.82, 2.24) is 0 Å². The van der Waals surface area contributed by atoms with Crippen molar-refractivity contribution in [1.29, 1.82) is 0 Å². The molecule has 3 unspecified atom stereocenters. The smallest absolute Gasteiger partial charge is 0.462 e. The first kappa shape index (κ1) is 51.9. The highest BCUT2D eigenvalue weighted by Crippen LogP contribution is 2.43. The van der Waals surface area contributed by atoms with E-state index in [1.807, 2.05) is 0 Å². The van der Waals surface area contributed by atoms with Crippen molar-refractivity contribution in [3.63, 3.8) is 0 Å². The molecule has 1 rings (SSSR count).